The molecule has 2 rings (SSSR count). The molecular weight excluding hydrogens is 390 g/mol. The number of guanidine groups is 1. The van der Waals surface area contributed by atoms with E-state index in [1.165, 1.54) is 8.66 Å². The second-order valence-electron chi connectivity index (χ2n) is 5.93. The van der Waals surface area contributed by atoms with Crippen LogP contribution in [-0.2, 0) is 11.3 Å². The minimum atomic E-state index is 0.0207. The van der Waals surface area contributed by atoms with Crippen LogP contribution >= 0.6 is 27.3 Å². The number of halogens is 1. The Labute approximate surface area is 156 Å². The fourth-order valence-corrected chi connectivity index (χ4v) is 4.01. The largest absolute Gasteiger partial charge is 0.357 e. The minimum absolute atomic E-state index is 0.0207. The van der Waals surface area contributed by atoms with Crippen LogP contribution in [0.15, 0.2) is 20.9 Å². The van der Waals surface area contributed by atoms with Crippen molar-refractivity contribution in [3.05, 3.63) is 20.8 Å². The topological polar surface area (TPSA) is 51.2 Å². The van der Waals surface area contributed by atoms with Crippen LogP contribution < -0.4 is 5.32 Å². The summed E-state index contributed by atoms with van der Waals surface area (Å²) in [6.45, 7) is 7.90. The zero-order valence-electron chi connectivity index (χ0n) is 14.6. The third kappa shape index (κ3) is 5.75. The molecule has 0 saturated carbocycles. The van der Waals surface area contributed by atoms with E-state index in [9.17, 15) is 4.79 Å². The van der Waals surface area contributed by atoms with Crippen molar-refractivity contribution in [2.24, 2.45) is 4.99 Å². The van der Waals surface area contributed by atoms with Crippen molar-refractivity contribution in [1.29, 1.82) is 0 Å². The van der Waals surface area contributed by atoms with Crippen LogP contribution in [0.3, 0.4) is 0 Å². The lowest BCUT2D eigenvalue weighted by atomic mass is 10.3. The monoisotopic (exact) mass is 415 g/mol. The molecule has 0 radical (unpaired) electrons. The van der Waals surface area contributed by atoms with E-state index in [0.29, 0.717) is 0 Å². The first-order chi connectivity index (χ1) is 11.5. The Morgan fingerprint density at radius 1 is 1.33 bits per heavy atom. The summed E-state index contributed by atoms with van der Waals surface area (Å²) < 4.78 is 1.18. The highest BCUT2D eigenvalue weighted by molar-refractivity contribution is 9.11. The van der Waals surface area contributed by atoms with Gasteiger partial charge in [0.2, 0.25) is 5.91 Å². The van der Waals surface area contributed by atoms with Crippen LogP contribution in [0.1, 0.15) is 11.8 Å². The van der Waals surface area contributed by atoms with Gasteiger partial charge in [-0.1, -0.05) is 0 Å². The average molecular weight is 416 g/mol. The molecule has 1 aliphatic rings. The van der Waals surface area contributed by atoms with Crippen molar-refractivity contribution in [1.82, 2.24) is 20.0 Å². The highest BCUT2D eigenvalue weighted by Crippen LogP contribution is 2.23. The van der Waals surface area contributed by atoms with Gasteiger partial charge in [-0.05, 0) is 35.0 Å². The summed E-state index contributed by atoms with van der Waals surface area (Å²) >= 11 is 5.31. The maximum absolute atomic E-state index is 11.8. The van der Waals surface area contributed by atoms with E-state index in [1.54, 1.807) is 30.3 Å². The number of rotatable bonds is 5. The van der Waals surface area contributed by atoms with Gasteiger partial charge in [0.15, 0.2) is 5.96 Å². The summed E-state index contributed by atoms with van der Waals surface area (Å²) in [5.41, 5.74) is 0. The second-order valence-corrected chi connectivity index (χ2v) is 8.47. The summed E-state index contributed by atoms with van der Waals surface area (Å²) in [5.74, 6) is 0.860. The average Bonchev–Trinajstić information content (AvgIpc) is 2.97. The van der Waals surface area contributed by atoms with E-state index in [2.05, 4.69) is 48.2 Å². The molecule has 0 spiro atoms. The van der Waals surface area contributed by atoms with Gasteiger partial charge in [-0.2, -0.15) is 0 Å². The summed E-state index contributed by atoms with van der Waals surface area (Å²) in [6.07, 6.45) is 0. The summed E-state index contributed by atoms with van der Waals surface area (Å²) in [5, 5.41) is 3.30. The number of likely N-dealkylation sites (N-methyl/N-ethyl adjacent to an activating group) is 1. The van der Waals surface area contributed by atoms with Crippen LogP contribution in [0.25, 0.3) is 0 Å². The Kier molecular flexibility index (Phi) is 7.51. The first-order valence-electron chi connectivity index (χ1n) is 8.19. The van der Waals surface area contributed by atoms with Gasteiger partial charge in [0.1, 0.15) is 6.54 Å². The van der Waals surface area contributed by atoms with Crippen molar-refractivity contribution in [3.63, 3.8) is 0 Å². The van der Waals surface area contributed by atoms with E-state index < -0.39 is 0 Å². The van der Waals surface area contributed by atoms with Crippen LogP contribution in [0.5, 0.6) is 0 Å². The number of carbonyl (C=O) groups excluding carboxylic acids is 1. The summed E-state index contributed by atoms with van der Waals surface area (Å²) in [4.78, 5) is 23.9. The number of piperazine rings is 1. The van der Waals surface area contributed by atoms with Crippen LogP contribution in [0.4, 0.5) is 0 Å². The summed E-state index contributed by atoms with van der Waals surface area (Å²) in [6, 6.07) is 4.29. The molecule has 2 heterocycles. The third-order valence-electron chi connectivity index (χ3n) is 3.88. The molecule has 0 unspecified atom stereocenters. The molecule has 24 heavy (non-hydrogen) atoms. The van der Waals surface area contributed by atoms with Gasteiger partial charge in [0.25, 0.3) is 0 Å². The molecule has 8 heteroatoms. The fourth-order valence-electron chi connectivity index (χ4n) is 2.48. The van der Waals surface area contributed by atoms with Gasteiger partial charge in [-0.3, -0.25) is 9.69 Å². The quantitative estimate of drug-likeness (QED) is 0.586. The Bertz CT molecular complexity index is 567. The van der Waals surface area contributed by atoms with E-state index in [0.717, 1.165) is 45.2 Å². The molecule has 1 amide bonds. The van der Waals surface area contributed by atoms with E-state index in [4.69, 9.17) is 0 Å². The second kappa shape index (κ2) is 9.39. The van der Waals surface area contributed by atoms with Gasteiger partial charge in [-0.15, -0.1) is 11.3 Å². The molecule has 1 saturated heterocycles. The van der Waals surface area contributed by atoms with Crippen LogP contribution in [-0.4, -0.2) is 79.9 Å². The highest BCUT2D eigenvalue weighted by atomic mass is 79.9. The number of aliphatic imine (C=N–C) groups is 1. The smallest absolute Gasteiger partial charge is 0.243 e. The number of hydrogen-bond donors (Lipinski definition) is 1. The van der Waals surface area contributed by atoms with Crippen molar-refractivity contribution < 1.29 is 4.79 Å². The Morgan fingerprint density at radius 3 is 2.58 bits per heavy atom. The normalized spacial score (nSPS) is 16.3. The van der Waals surface area contributed by atoms with Crippen molar-refractivity contribution >= 4 is 39.1 Å². The van der Waals surface area contributed by atoms with E-state index in [-0.39, 0.29) is 12.5 Å². The van der Waals surface area contributed by atoms with E-state index >= 15 is 0 Å². The Morgan fingerprint density at radius 2 is 2.04 bits per heavy atom. The predicted octanol–water partition coefficient (Wildman–Crippen LogP) is 1.68. The number of nitrogens with one attached hydrogen (secondary N) is 1. The molecular formula is C16H26BrN5OS. The maximum Gasteiger partial charge on any atom is 0.243 e. The lowest BCUT2D eigenvalue weighted by Gasteiger charge is -2.36. The molecule has 0 atom stereocenters. The number of amides is 1. The molecule has 6 nitrogen and oxygen atoms in total. The molecule has 1 N–H and O–H groups in total. The van der Waals surface area contributed by atoms with Crippen LogP contribution in [0.2, 0.25) is 0 Å². The molecule has 1 fully saturated rings. The first kappa shape index (κ1) is 19.2. The number of nitrogens with zero attached hydrogens (tertiary/aromatic N) is 4. The van der Waals surface area contributed by atoms with Gasteiger partial charge in [0.05, 0.1) is 3.79 Å². The minimum Gasteiger partial charge on any atom is -0.357 e. The molecule has 0 aromatic carbocycles. The predicted molar refractivity (Wildman–Crippen MR) is 104 cm³/mol. The van der Waals surface area contributed by atoms with Gasteiger partial charge in [0, 0.05) is 58.2 Å². The number of hydrogen-bond acceptors (Lipinski definition) is 4. The third-order valence-corrected chi connectivity index (χ3v) is 5.49. The molecule has 1 aliphatic heterocycles. The lowest BCUT2D eigenvalue weighted by molar-refractivity contribution is -0.127. The van der Waals surface area contributed by atoms with Crippen molar-refractivity contribution in [2.75, 3.05) is 53.4 Å². The number of carbonyl (C=O) groups is 1. The van der Waals surface area contributed by atoms with Gasteiger partial charge >= 0.3 is 0 Å². The van der Waals surface area contributed by atoms with Crippen molar-refractivity contribution in [3.8, 4) is 0 Å². The number of thiophene rings is 1. The van der Waals surface area contributed by atoms with E-state index in [1.807, 2.05) is 6.92 Å². The van der Waals surface area contributed by atoms with Crippen molar-refractivity contribution in [2.45, 2.75) is 13.5 Å². The zero-order chi connectivity index (χ0) is 17.5. The summed E-state index contributed by atoms with van der Waals surface area (Å²) in [7, 11) is 3.51. The first-order valence-corrected chi connectivity index (χ1v) is 9.80. The molecule has 0 bridgehead atoms. The highest BCUT2D eigenvalue weighted by Gasteiger charge is 2.20. The lowest BCUT2D eigenvalue weighted by Crippen LogP contribution is -2.52. The SMILES string of the molecule is CCNC(=NCC(=O)N(C)C)N1CCN(Cc2ccc(Br)s2)CC1. The van der Waals surface area contributed by atoms with Gasteiger partial charge < -0.3 is 15.1 Å². The molecule has 134 valence electrons. The van der Waals surface area contributed by atoms with Gasteiger partial charge in [-0.25, -0.2) is 4.99 Å². The van der Waals surface area contributed by atoms with Crippen LogP contribution in [0, 0.1) is 0 Å². The zero-order valence-corrected chi connectivity index (χ0v) is 17.0. The maximum atomic E-state index is 11.8. The Balaban J connectivity index is 1.87. The molecule has 1 aromatic rings. The molecule has 0 aliphatic carbocycles. The standard InChI is InChI=1S/C16H26BrN5OS/c1-4-18-16(19-11-15(23)20(2)3)22-9-7-21(8-10-22)12-13-5-6-14(17)24-13/h5-6H,4,7-12H2,1-3H3,(H,18,19). The molecule has 1 aromatic heterocycles. The fraction of sp³-hybridized carbons (Fsp3) is 0.625. The Hall–Kier alpha value is -1.12.